The first-order valence-electron chi connectivity index (χ1n) is 7.48. The second-order valence-electron chi connectivity index (χ2n) is 5.00. The van der Waals surface area contributed by atoms with Gasteiger partial charge in [-0.15, -0.1) is 6.58 Å². The molecule has 1 rings (SSSR count). The summed E-state index contributed by atoms with van der Waals surface area (Å²) in [4.78, 5) is 12.1. The van der Waals surface area contributed by atoms with Crippen LogP contribution in [0.4, 0.5) is 0 Å². The van der Waals surface area contributed by atoms with E-state index in [-0.39, 0.29) is 0 Å². The molecule has 1 saturated carbocycles. The Morgan fingerprint density at radius 1 is 1.17 bits per heavy atom. The molecule has 0 saturated heterocycles. The Kier molecular flexibility index (Phi) is 9.63. The summed E-state index contributed by atoms with van der Waals surface area (Å²) in [6.45, 7) is 11.8. The molecule has 1 nitrogen and oxygen atoms in total. The summed E-state index contributed by atoms with van der Waals surface area (Å²) < 4.78 is 0. The topological polar surface area (TPSA) is 17.1 Å². The van der Waals surface area contributed by atoms with Gasteiger partial charge >= 0.3 is 0 Å². The first kappa shape index (κ1) is 17.2. The third kappa shape index (κ3) is 5.66. The van der Waals surface area contributed by atoms with Crippen LogP contribution in [0, 0.1) is 5.92 Å². The Morgan fingerprint density at radius 3 is 2.17 bits per heavy atom. The highest BCUT2D eigenvalue weighted by Crippen LogP contribution is 2.32. The van der Waals surface area contributed by atoms with Gasteiger partial charge in [-0.25, -0.2) is 0 Å². The SMILES string of the molecule is C=CCCC(=O)C(=C(C)C)C1CCCCC1.CC. The van der Waals surface area contributed by atoms with E-state index in [1.165, 1.54) is 37.7 Å². The van der Waals surface area contributed by atoms with Crippen LogP contribution in [0.15, 0.2) is 23.8 Å². The predicted molar refractivity (Wildman–Crippen MR) is 80.7 cm³/mol. The van der Waals surface area contributed by atoms with Gasteiger partial charge < -0.3 is 0 Å². The van der Waals surface area contributed by atoms with E-state index in [0.717, 1.165) is 12.0 Å². The Hall–Kier alpha value is -0.850. The second kappa shape index (κ2) is 10.1. The molecule has 1 aliphatic rings. The van der Waals surface area contributed by atoms with E-state index in [0.29, 0.717) is 18.1 Å². The van der Waals surface area contributed by atoms with Crippen molar-refractivity contribution < 1.29 is 4.79 Å². The molecular formula is C17H30O. The second-order valence-corrected chi connectivity index (χ2v) is 5.00. The molecule has 104 valence electrons. The van der Waals surface area contributed by atoms with Crippen LogP contribution in [0.5, 0.6) is 0 Å². The van der Waals surface area contributed by atoms with Crippen LogP contribution in [0.25, 0.3) is 0 Å². The Morgan fingerprint density at radius 2 is 1.72 bits per heavy atom. The maximum atomic E-state index is 12.1. The fourth-order valence-electron chi connectivity index (χ4n) is 2.67. The number of hydrogen-bond donors (Lipinski definition) is 0. The van der Waals surface area contributed by atoms with Gasteiger partial charge in [-0.2, -0.15) is 0 Å². The lowest BCUT2D eigenvalue weighted by atomic mass is 9.79. The highest BCUT2D eigenvalue weighted by molar-refractivity contribution is 5.96. The summed E-state index contributed by atoms with van der Waals surface area (Å²) in [6, 6.07) is 0. The minimum atomic E-state index is 0.354. The Balaban J connectivity index is 0.00000137. The molecule has 0 amide bonds. The molecule has 0 spiro atoms. The van der Waals surface area contributed by atoms with Gasteiger partial charge in [0, 0.05) is 6.42 Å². The zero-order chi connectivity index (χ0) is 14.0. The zero-order valence-electron chi connectivity index (χ0n) is 12.7. The van der Waals surface area contributed by atoms with Crippen molar-refractivity contribution in [3.8, 4) is 0 Å². The predicted octanol–water partition coefficient (Wildman–Crippen LogP) is 5.46. The van der Waals surface area contributed by atoms with Crippen LogP contribution < -0.4 is 0 Å². The molecule has 0 aromatic heterocycles. The van der Waals surface area contributed by atoms with Crippen LogP contribution in [-0.4, -0.2) is 5.78 Å². The smallest absolute Gasteiger partial charge is 0.159 e. The third-order valence-electron chi connectivity index (χ3n) is 3.43. The summed E-state index contributed by atoms with van der Waals surface area (Å²) in [5.74, 6) is 0.892. The van der Waals surface area contributed by atoms with Gasteiger partial charge in [0.2, 0.25) is 0 Å². The summed E-state index contributed by atoms with van der Waals surface area (Å²) in [7, 11) is 0. The van der Waals surface area contributed by atoms with E-state index in [1.807, 2.05) is 19.9 Å². The maximum absolute atomic E-state index is 12.1. The van der Waals surface area contributed by atoms with E-state index in [1.54, 1.807) is 0 Å². The van der Waals surface area contributed by atoms with Gasteiger partial charge in [0.25, 0.3) is 0 Å². The summed E-state index contributed by atoms with van der Waals surface area (Å²) in [5.41, 5.74) is 2.35. The molecule has 0 aromatic carbocycles. The van der Waals surface area contributed by atoms with Gasteiger partial charge in [-0.3, -0.25) is 4.79 Å². The number of carbonyl (C=O) groups is 1. The Labute approximate surface area is 113 Å². The molecule has 0 radical (unpaired) electrons. The van der Waals surface area contributed by atoms with Gasteiger partial charge in [0.05, 0.1) is 0 Å². The van der Waals surface area contributed by atoms with Crippen molar-refractivity contribution in [2.75, 3.05) is 0 Å². The first-order valence-corrected chi connectivity index (χ1v) is 7.48. The number of carbonyl (C=O) groups excluding carboxylic acids is 1. The molecule has 18 heavy (non-hydrogen) atoms. The minimum absolute atomic E-state index is 0.354. The average Bonchev–Trinajstić information content (AvgIpc) is 2.39. The monoisotopic (exact) mass is 250 g/mol. The van der Waals surface area contributed by atoms with Crippen LogP contribution in [-0.2, 0) is 4.79 Å². The van der Waals surface area contributed by atoms with Crippen LogP contribution in [0.1, 0.15) is 72.6 Å². The van der Waals surface area contributed by atoms with E-state index >= 15 is 0 Å². The molecule has 0 heterocycles. The fraction of sp³-hybridized carbons (Fsp3) is 0.706. The van der Waals surface area contributed by atoms with Gasteiger partial charge in [-0.05, 0) is 44.6 Å². The van der Waals surface area contributed by atoms with Crippen molar-refractivity contribution in [1.82, 2.24) is 0 Å². The van der Waals surface area contributed by atoms with Gasteiger partial charge in [0.1, 0.15) is 0 Å². The van der Waals surface area contributed by atoms with Crippen LogP contribution in [0.3, 0.4) is 0 Å². The van der Waals surface area contributed by atoms with Crippen molar-refractivity contribution >= 4 is 5.78 Å². The first-order chi connectivity index (χ1) is 8.66. The molecule has 0 unspecified atom stereocenters. The summed E-state index contributed by atoms with van der Waals surface area (Å²) in [6.07, 6.45) is 9.62. The van der Waals surface area contributed by atoms with Crippen molar-refractivity contribution in [2.45, 2.75) is 72.6 Å². The lowest BCUT2D eigenvalue weighted by Gasteiger charge is -2.25. The summed E-state index contributed by atoms with van der Waals surface area (Å²) in [5, 5.41) is 0. The van der Waals surface area contributed by atoms with E-state index in [2.05, 4.69) is 20.4 Å². The zero-order valence-corrected chi connectivity index (χ0v) is 12.7. The molecule has 0 bridgehead atoms. The highest BCUT2D eigenvalue weighted by Gasteiger charge is 2.23. The number of hydrogen-bond acceptors (Lipinski definition) is 1. The van der Waals surface area contributed by atoms with E-state index < -0.39 is 0 Å². The van der Waals surface area contributed by atoms with Crippen molar-refractivity contribution in [1.29, 1.82) is 0 Å². The summed E-state index contributed by atoms with van der Waals surface area (Å²) >= 11 is 0. The molecule has 1 fully saturated rings. The normalized spacial score (nSPS) is 15.3. The number of Topliss-reactive ketones (excluding diaryl/α,β-unsaturated/α-hetero) is 1. The number of allylic oxidation sites excluding steroid dienone is 3. The van der Waals surface area contributed by atoms with Gasteiger partial charge in [0.15, 0.2) is 5.78 Å². The van der Waals surface area contributed by atoms with Crippen molar-refractivity contribution in [3.05, 3.63) is 23.8 Å². The quantitative estimate of drug-likeness (QED) is 0.467. The maximum Gasteiger partial charge on any atom is 0.159 e. The minimum Gasteiger partial charge on any atom is -0.295 e. The van der Waals surface area contributed by atoms with E-state index in [9.17, 15) is 4.79 Å². The van der Waals surface area contributed by atoms with Gasteiger partial charge in [-0.1, -0.05) is 44.8 Å². The molecule has 0 atom stereocenters. The standard InChI is InChI=1S/C15H24O.C2H6/c1-4-5-11-14(16)15(12(2)3)13-9-7-6-8-10-13;1-2/h4,13H,1,5-11H2,2-3H3;1-2H3. The van der Waals surface area contributed by atoms with Crippen LogP contribution in [0.2, 0.25) is 0 Å². The molecule has 1 aliphatic carbocycles. The van der Waals surface area contributed by atoms with Crippen molar-refractivity contribution in [2.24, 2.45) is 5.92 Å². The third-order valence-corrected chi connectivity index (χ3v) is 3.43. The van der Waals surface area contributed by atoms with E-state index in [4.69, 9.17) is 0 Å². The Bertz CT molecular complexity index is 276. The highest BCUT2D eigenvalue weighted by atomic mass is 16.1. The number of ketones is 1. The van der Waals surface area contributed by atoms with Crippen LogP contribution >= 0.6 is 0 Å². The molecule has 0 aromatic rings. The molecule has 0 aliphatic heterocycles. The molecular weight excluding hydrogens is 220 g/mol. The largest absolute Gasteiger partial charge is 0.295 e. The lowest BCUT2D eigenvalue weighted by molar-refractivity contribution is -0.116. The van der Waals surface area contributed by atoms with Crippen molar-refractivity contribution in [3.63, 3.8) is 0 Å². The molecule has 0 N–H and O–H groups in total. The molecule has 1 heteroatoms. The number of rotatable bonds is 5. The lowest BCUT2D eigenvalue weighted by Crippen LogP contribution is -2.17. The average molecular weight is 250 g/mol. The fourth-order valence-corrected chi connectivity index (χ4v) is 2.67.